The molecular formula is C13H16N4OS. The molecule has 0 saturated carbocycles. The molecule has 0 unspecified atom stereocenters. The number of hydrogen-bond acceptors (Lipinski definition) is 5. The molecule has 1 amide bonds. The molecule has 100 valence electrons. The number of carbonyl (C=O) groups excluding carboxylic acids is 1. The molecule has 0 saturated heterocycles. The van der Waals surface area contributed by atoms with Gasteiger partial charge < -0.3 is 5.73 Å². The highest BCUT2D eigenvalue weighted by molar-refractivity contribution is 7.15. The molecule has 5 nitrogen and oxygen atoms in total. The molecule has 2 rings (SSSR count). The molecule has 2 aromatic rings. The van der Waals surface area contributed by atoms with Gasteiger partial charge in [-0.05, 0) is 17.7 Å². The highest BCUT2D eigenvalue weighted by Gasteiger charge is 2.12. The van der Waals surface area contributed by atoms with E-state index in [1.807, 2.05) is 26.0 Å². The van der Waals surface area contributed by atoms with Crippen molar-refractivity contribution in [3.8, 4) is 0 Å². The smallest absolute Gasteiger partial charge is 0.257 e. The van der Waals surface area contributed by atoms with Crippen molar-refractivity contribution in [3.63, 3.8) is 0 Å². The lowest BCUT2D eigenvalue weighted by Crippen LogP contribution is -2.12. The molecular weight excluding hydrogens is 260 g/mol. The summed E-state index contributed by atoms with van der Waals surface area (Å²) in [5.74, 6) is 0.116. The van der Waals surface area contributed by atoms with Crippen molar-refractivity contribution in [2.75, 3.05) is 5.32 Å². The van der Waals surface area contributed by atoms with Gasteiger partial charge in [0, 0.05) is 18.0 Å². The van der Waals surface area contributed by atoms with Crippen molar-refractivity contribution in [3.05, 3.63) is 40.4 Å². The molecule has 3 N–H and O–H groups in total. The Hall–Kier alpha value is -1.79. The standard InChI is InChI=1S/C13H16N4OS/c1-8(2)12-16-17-13(19-12)15-11(18)10-5-3-4-9(6-10)7-14/h3-6,8H,7,14H2,1-2H3,(H,15,17,18). The Morgan fingerprint density at radius 2 is 2.21 bits per heavy atom. The van der Waals surface area contributed by atoms with Gasteiger partial charge in [-0.25, -0.2) is 0 Å². The normalized spacial score (nSPS) is 10.7. The van der Waals surface area contributed by atoms with E-state index >= 15 is 0 Å². The number of nitrogens with zero attached hydrogens (tertiary/aromatic N) is 2. The lowest BCUT2D eigenvalue weighted by atomic mass is 10.1. The number of anilines is 1. The summed E-state index contributed by atoms with van der Waals surface area (Å²) in [7, 11) is 0. The third kappa shape index (κ3) is 3.36. The maximum Gasteiger partial charge on any atom is 0.257 e. The highest BCUT2D eigenvalue weighted by Crippen LogP contribution is 2.22. The van der Waals surface area contributed by atoms with Crippen LogP contribution in [0.3, 0.4) is 0 Å². The van der Waals surface area contributed by atoms with Crippen molar-refractivity contribution in [1.82, 2.24) is 10.2 Å². The molecule has 0 aliphatic rings. The van der Waals surface area contributed by atoms with Crippen LogP contribution in [0.1, 0.15) is 40.7 Å². The highest BCUT2D eigenvalue weighted by atomic mass is 32.1. The van der Waals surface area contributed by atoms with Crippen LogP contribution in [0, 0.1) is 0 Å². The van der Waals surface area contributed by atoms with Crippen LogP contribution in [0.4, 0.5) is 5.13 Å². The lowest BCUT2D eigenvalue weighted by Gasteiger charge is -2.03. The Bertz CT molecular complexity index is 580. The van der Waals surface area contributed by atoms with E-state index in [1.54, 1.807) is 12.1 Å². The Morgan fingerprint density at radius 3 is 2.84 bits per heavy atom. The van der Waals surface area contributed by atoms with E-state index in [9.17, 15) is 4.79 Å². The number of amides is 1. The predicted octanol–water partition coefficient (Wildman–Crippen LogP) is 2.37. The fraction of sp³-hybridized carbons (Fsp3) is 0.308. The third-order valence-electron chi connectivity index (χ3n) is 2.58. The first kappa shape index (κ1) is 13.6. The van der Waals surface area contributed by atoms with E-state index in [1.165, 1.54) is 11.3 Å². The number of nitrogens with one attached hydrogen (secondary N) is 1. The van der Waals surface area contributed by atoms with Gasteiger partial charge in [-0.2, -0.15) is 0 Å². The Kier molecular flexibility index (Phi) is 4.24. The zero-order valence-corrected chi connectivity index (χ0v) is 11.7. The number of nitrogens with two attached hydrogens (primary N) is 1. The second-order valence-electron chi connectivity index (χ2n) is 4.46. The first-order chi connectivity index (χ1) is 9.10. The summed E-state index contributed by atoms with van der Waals surface area (Å²) in [5, 5.41) is 12.2. The largest absolute Gasteiger partial charge is 0.326 e. The summed E-state index contributed by atoms with van der Waals surface area (Å²) in [6.45, 7) is 4.49. The van der Waals surface area contributed by atoms with E-state index in [4.69, 9.17) is 5.73 Å². The monoisotopic (exact) mass is 276 g/mol. The van der Waals surface area contributed by atoms with E-state index in [0.717, 1.165) is 10.6 Å². The van der Waals surface area contributed by atoms with Crippen LogP contribution >= 0.6 is 11.3 Å². The molecule has 0 aliphatic heterocycles. The summed E-state index contributed by atoms with van der Waals surface area (Å²) < 4.78 is 0. The summed E-state index contributed by atoms with van der Waals surface area (Å²) >= 11 is 1.40. The molecule has 1 aromatic carbocycles. The van der Waals surface area contributed by atoms with Crippen LogP contribution in [-0.2, 0) is 6.54 Å². The molecule has 0 fully saturated rings. The number of hydrogen-bond donors (Lipinski definition) is 2. The minimum Gasteiger partial charge on any atom is -0.326 e. The summed E-state index contributed by atoms with van der Waals surface area (Å²) in [4.78, 5) is 12.0. The second kappa shape index (κ2) is 5.90. The maximum absolute atomic E-state index is 12.0. The average molecular weight is 276 g/mol. The van der Waals surface area contributed by atoms with Gasteiger partial charge in [-0.15, -0.1) is 10.2 Å². The molecule has 0 spiro atoms. The van der Waals surface area contributed by atoms with Crippen molar-refractivity contribution in [2.24, 2.45) is 5.73 Å². The summed E-state index contributed by atoms with van der Waals surface area (Å²) in [6, 6.07) is 7.23. The molecule has 19 heavy (non-hydrogen) atoms. The van der Waals surface area contributed by atoms with E-state index in [0.29, 0.717) is 23.2 Å². The van der Waals surface area contributed by atoms with Crippen molar-refractivity contribution < 1.29 is 4.79 Å². The number of rotatable bonds is 4. The fourth-order valence-corrected chi connectivity index (χ4v) is 2.27. The van der Waals surface area contributed by atoms with Gasteiger partial charge in [0.1, 0.15) is 5.01 Å². The third-order valence-corrected chi connectivity index (χ3v) is 3.72. The zero-order valence-electron chi connectivity index (χ0n) is 10.9. The molecule has 1 heterocycles. The van der Waals surface area contributed by atoms with Gasteiger partial charge in [-0.1, -0.05) is 37.3 Å². The first-order valence-corrected chi connectivity index (χ1v) is 6.85. The lowest BCUT2D eigenvalue weighted by molar-refractivity contribution is 0.102. The Balaban J connectivity index is 2.11. The fourth-order valence-electron chi connectivity index (χ4n) is 1.53. The van der Waals surface area contributed by atoms with Crippen LogP contribution in [0.15, 0.2) is 24.3 Å². The molecule has 6 heteroatoms. The first-order valence-electron chi connectivity index (χ1n) is 6.04. The Morgan fingerprint density at radius 1 is 1.42 bits per heavy atom. The number of aromatic nitrogens is 2. The molecule has 0 radical (unpaired) electrons. The molecule has 0 aliphatic carbocycles. The quantitative estimate of drug-likeness (QED) is 0.898. The zero-order chi connectivity index (χ0) is 13.8. The van der Waals surface area contributed by atoms with Crippen LogP contribution in [0.25, 0.3) is 0 Å². The average Bonchev–Trinajstić information content (AvgIpc) is 2.87. The van der Waals surface area contributed by atoms with E-state index in [2.05, 4.69) is 15.5 Å². The predicted molar refractivity (Wildman–Crippen MR) is 76.3 cm³/mol. The van der Waals surface area contributed by atoms with Crippen molar-refractivity contribution >= 4 is 22.4 Å². The minimum atomic E-state index is -0.193. The van der Waals surface area contributed by atoms with Gasteiger partial charge in [0.2, 0.25) is 5.13 Å². The van der Waals surface area contributed by atoms with Crippen LogP contribution < -0.4 is 11.1 Å². The molecule has 0 bridgehead atoms. The minimum absolute atomic E-state index is 0.193. The topological polar surface area (TPSA) is 80.9 Å². The Labute approximate surface area is 115 Å². The summed E-state index contributed by atoms with van der Waals surface area (Å²) in [6.07, 6.45) is 0. The maximum atomic E-state index is 12.0. The second-order valence-corrected chi connectivity index (χ2v) is 5.47. The van der Waals surface area contributed by atoms with E-state index in [-0.39, 0.29) is 5.91 Å². The SMILES string of the molecule is CC(C)c1nnc(NC(=O)c2cccc(CN)c2)s1. The number of carbonyl (C=O) groups is 1. The van der Waals surface area contributed by atoms with Crippen LogP contribution in [0.2, 0.25) is 0 Å². The summed E-state index contributed by atoms with van der Waals surface area (Å²) in [5.41, 5.74) is 7.05. The number of benzene rings is 1. The molecule has 1 aromatic heterocycles. The van der Waals surface area contributed by atoms with Crippen LogP contribution in [-0.4, -0.2) is 16.1 Å². The molecule has 0 atom stereocenters. The van der Waals surface area contributed by atoms with Crippen LogP contribution in [0.5, 0.6) is 0 Å². The van der Waals surface area contributed by atoms with Gasteiger partial charge >= 0.3 is 0 Å². The van der Waals surface area contributed by atoms with Crippen molar-refractivity contribution in [2.45, 2.75) is 26.3 Å². The van der Waals surface area contributed by atoms with Gasteiger partial charge in [0.25, 0.3) is 5.91 Å². The van der Waals surface area contributed by atoms with Gasteiger partial charge in [0.15, 0.2) is 0 Å². The van der Waals surface area contributed by atoms with Gasteiger partial charge in [-0.3, -0.25) is 10.1 Å². The van der Waals surface area contributed by atoms with Crippen molar-refractivity contribution in [1.29, 1.82) is 0 Å². The van der Waals surface area contributed by atoms with Gasteiger partial charge in [0.05, 0.1) is 0 Å². The van der Waals surface area contributed by atoms with E-state index < -0.39 is 0 Å².